The number of carbonyl (C=O) groups excluding carboxylic acids is 2. The number of benzene rings is 1. The second kappa shape index (κ2) is 7.11. The first-order chi connectivity index (χ1) is 10.1. The van der Waals surface area contributed by atoms with Crippen molar-refractivity contribution in [2.24, 2.45) is 11.7 Å². The van der Waals surface area contributed by atoms with Gasteiger partial charge < -0.3 is 16.0 Å². The van der Waals surface area contributed by atoms with Crippen LogP contribution >= 0.6 is 12.4 Å². The predicted octanol–water partition coefficient (Wildman–Crippen LogP) is 1.70. The highest BCUT2D eigenvalue weighted by molar-refractivity contribution is 5.99. The van der Waals surface area contributed by atoms with E-state index in [1.165, 1.54) is 12.8 Å². The number of hydrogen-bond acceptors (Lipinski definition) is 3. The van der Waals surface area contributed by atoms with Crippen molar-refractivity contribution in [1.29, 1.82) is 0 Å². The SMILES string of the molecule is Cl.NC(CNC(=O)c1cccc(N2CCCC2=O)c1)C1CC1. The molecule has 1 heterocycles. The minimum absolute atomic E-state index is 0. The summed E-state index contributed by atoms with van der Waals surface area (Å²) >= 11 is 0. The summed E-state index contributed by atoms with van der Waals surface area (Å²) in [5.74, 6) is 0.571. The Bertz CT molecular complexity index is 560. The Balaban J connectivity index is 0.00000176. The van der Waals surface area contributed by atoms with E-state index in [4.69, 9.17) is 5.73 Å². The summed E-state index contributed by atoms with van der Waals surface area (Å²) in [4.78, 5) is 25.7. The van der Waals surface area contributed by atoms with Crippen LogP contribution < -0.4 is 16.0 Å². The molecule has 2 amide bonds. The van der Waals surface area contributed by atoms with Gasteiger partial charge in [-0.05, 0) is 43.4 Å². The van der Waals surface area contributed by atoms with Crippen LogP contribution in [0.3, 0.4) is 0 Å². The molecule has 1 aliphatic carbocycles. The maximum Gasteiger partial charge on any atom is 0.251 e. The minimum atomic E-state index is -0.125. The first-order valence-electron chi connectivity index (χ1n) is 7.59. The molecule has 5 nitrogen and oxygen atoms in total. The fraction of sp³-hybridized carbons (Fsp3) is 0.500. The van der Waals surface area contributed by atoms with Crippen LogP contribution in [0.5, 0.6) is 0 Å². The number of nitrogens with zero attached hydrogens (tertiary/aromatic N) is 1. The molecule has 1 aromatic rings. The molecule has 0 bridgehead atoms. The molecule has 0 spiro atoms. The van der Waals surface area contributed by atoms with Crippen molar-refractivity contribution in [3.05, 3.63) is 29.8 Å². The highest BCUT2D eigenvalue weighted by atomic mass is 35.5. The second-order valence-corrected chi connectivity index (χ2v) is 5.91. The summed E-state index contributed by atoms with van der Waals surface area (Å²) < 4.78 is 0. The van der Waals surface area contributed by atoms with Crippen LogP contribution in [0.2, 0.25) is 0 Å². The Kier molecular flexibility index (Phi) is 5.42. The largest absolute Gasteiger partial charge is 0.350 e. The molecule has 2 fully saturated rings. The predicted molar refractivity (Wildman–Crippen MR) is 88.3 cm³/mol. The van der Waals surface area contributed by atoms with Gasteiger partial charge in [-0.25, -0.2) is 0 Å². The summed E-state index contributed by atoms with van der Waals surface area (Å²) in [7, 11) is 0. The molecular weight excluding hydrogens is 302 g/mol. The summed E-state index contributed by atoms with van der Waals surface area (Å²) in [6, 6.07) is 7.29. The fourth-order valence-electron chi connectivity index (χ4n) is 2.74. The van der Waals surface area contributed by atoms with Crippen LogP contribution in [-0.4, -0.2) is 30.9 Å². The summed E-state index contributed by atoms with van der Waals surface area (Å²) in [5.41, 5.74) is 7.37. The van der Waals surface area contributed by atoms with Gasteiger partial charge in [-0.3, -0.25) is 9.59 Å². The van der Waals surface area contributed by atoms with Crippen molar-refractivity contribution in [3.8, 4) is 0 Å². The molecule has 1 aliphatic heterocycles. The van der Waals surface area contributed by atoms with E-state index >= 15 is 0 Å². The van der Waals surface area contributed by atoms with Gasteiger partial charge in [0.15, 0.2) is 0 Å². The first-order valence-corrected chi connectivity index (χ1v) is 7.59. The lowest BCUT2D eigenvalue weighted by Gasteiger charge is -2.17. The average Bonchev–Trinajstić information content (AvgIpc) is 3.26. The third-order valence-corrected chi connectivity index (χ3v) is 4.22. The van der Waals surface area contributed by atoms with E-state index in [1.54, 1.807) is 17.0 Å². The van der Waals surface area contributed by atoms with Crippen molar-refractivity contribution in [2.45, 2.75) is 31.7 Å². The Morgan fingerprint density at radius 2 is 2.18 bits per heavy atom. The third-order valence-electron chi connectivity index (χ3n) is 4.22. The van der Waals surface area contributed by atoms with Crippen LogP contribution in [0.1, 0.15) is 36.0 Å². The van der Waals surface area contributed by atoms with Crippen molar-refractivity contribution < 1.29 is 9.59 Å². The average molecular weight is 324 g/mol. The molecule has 1 saturated heterocycles. The van der Waals surface area contributed by atoms with Crippen molar-refractivity contribution >= 4 is 29.9 Å². The highest BCUT2D eigenvalue weighted by Crippen LogP contribution is 2.31. The lowest BCUT2D eigenvalue weighted by Crippen LogP contribution is -2.38. The Labute approximate surface area is 136 Å². The van der Waals surface area contributed by atoms with Crippen molar-refractivity contribution in [1.82, 2.24) is 5.32 Å². The van der Waals surface area contributed by atoms with Crippen LogP contribution in [0.15, 0.2) is 24.3 Å². The van der Waals surface area contributed by atoms with Gasteiger partial charge in [0.05, 0.1) is 0 Å². The molecule has 1 unspecified atom stereocenters. The second-order valence-electron chi connectivity index (χ2n) is 5.91. The Morgan fingerprint density at radius 3 is 2.82 bits per heavy atom. The fourth-order valence-corrected chi connectivity index (χ4v) is 2.74. The van der Waals surface area contributed by atoms with Gasteiger partial charge in [-0.2, -0.15) is 0 Å². The zero-order chi connectivity index (χ0) is 14.8. The zero-order valence-corrected chi connectivity index (χ0v) is 13.3. The van der Waals surface area contributed by atoms with Crippen LogP contribution in [0, 0.1) is 5.92 Å². The van der Waals surface area contributed by atoms with Gasteiger partial charge in [0.2, 0.25) is 5.91 Å². The maximum atomic E-state index is 12.2. The van der Waals surface area contributed by atoms with Crippen LogP contribution in [-0.2, 0) is 4.79 Å². The Hall–Kier alpha value is -1.59. The molecule has 2 aliphatic rings. The summed E-state index contributed by atoms with van der Waals surface area (Å²) in [5, 5.41) is 2.88. The quantitative estimate of drug-likeness (QED) is 0.866. The molecule has 3 rings (SSSR count). The number of anilines is 1. The van der Waals surface area contributed by atoms with E-state index in [0.29, 0.717) is 24.4 Å². The summed E-state index contributed by atoms with van der Waals surface area (Å²) in [6.45, 7) is 1.24. The smallest absolute Gasteiger partial charge is 0.251 e. The van der Waals surface area contributed by atoms with Crippen LogP contribution in [0.25, 0.3) is 0 Å². The van der Waals surface area contributed by atoms with E-state index < -0.39 is 0 Å². The van der Waals surface area contributed by atoms with Gasteiger partial charge in [-0.1, -0.05) is 6.07 Å². The number of nitrogens with two attached hydrogens (primary N) is 1. The van der Waals surface area contributed by atoms with Gasteiger partial charge >= 0.3 is 0 Å². The molecule has 3 N–H and O–H groups in total. The molecule has 0 aromatic heterocycles. The van der Waals surface area contributed by atoms with E-state index in [-0.39, 0.29) is 30.3 Å². The molecule has 22 heavy (non-hydrogen) atoms. The monoisotopic (exact) mass is 323 g/mol. The van der Waals surface area contributed by atoms with Gasteiger partial charge in [0.25, 0.3) is 5.91 Å². The van der Waals surface area contributed by atoms with E-state index in [2.05, 4.69) is 5.32 Å². The summed E-state index contributed by atoms with van der Waals surface area (Å²) in [6.07, 6.45) is 3.81. The number of nitrogens with one attached hydrogen (secondary N) is 1. The maximum absolute atomic E-state index is 12.2. The zero-order valence-electron chi connectivity index (χ0n) is 12.5. The number of rotatable bonds is 5. The molecule has 1 aromatic carbocycles. The lowest BCUT2D eigenvalue weighted by molar-refractivity contribution is -0.117. The lowest BCUT2D eigenvalue weighted by atomic mass is 10.1. The molecule has 0 radical (unpaired) electrons. The molecule has 1 saturated carbocycles. The van der Waals surface area contributed by atoms with Crippen LogP contribution in [0.4, 0.5) is 5.69 Å². The molecular formula is C16H22ClN3O2. The van der Waals surface area contributed by atoms with Crippen molar-refractivity contribution in [3.63, 3.8) is 0 Å². The van der Waals surface area contributed by atoms with E-state index in [0.717, 1.165) is 18.7 Å². The Morgan fingerprint density at radius 1 is 1.41 bits per heavy atom. The van der Waals surface area contributed by atoms with Gasteiger partial charge in [-0.15, -0.1) is 12.4 Å². The first kappa shape index (κ1) is 16.8. The molecule has 120 valence electrons. The molecule has 6 heteroatoms. The van der Waals surface area contributed by atoms with E-state index in [1.807, 2.05) is 12.1 Å². The number of carbonyl (C=O) groups is 2. The van der Waals surface area contributed by atoms with Crippen molar-refractivity contribution in [2.75, 3.05) is 18.0 Å². The highest BCUT2D eigenvalue weighted by Gasteiger charge is 2.28. The normalized spacial score (nSPS) is 18.8. The molecule has 1 atom stereocenters. The standard InChI is InChI=1S/C16H21N3O2.ClH/c17-14(11-6-7-11)10-18-16(21)12-3-1-4-13(9-12)19-8-2-5-15(19)20;/h1,3-4,9,11,14H,2,5-8,10,17H2,(H,18,21);1H. The van der Waals surface area contributed by atoms with Gasteiger partial charge in [0.1, 0.15) is 0 Å². The third kappa shape index (κ3) is 3.78. The topological polar surface area (TPSA) is 75.4 Å². The number of halogens is 1. The van der Waals surface area contributed by atoms with E-state index in [9.17, 15) is 9.59 Å². The minimum Gasteiger partial charge on any atom is -0.350 e. The number of hydrogen-bond donors (Lipinski definition) is 2. The number of amides is 2. The van der Waals surface area contributed by atoms with Gasteiger partial charge in [0, 0.05) is 36.8 Å².